The van der Waals surface area contributed by atoms with Crippen LogP contribution in [0.1, 0.15) is 0 Å². The minimum Gasteiger partial charge on any atom is -0.350 e. The quantitative estimate of drug-likeness (QED) is 0.267. The van der Waals surface area contributed by atoms with E-state index in [0.717, 1.165) is 0 Å². The summed E-state index contributed by atoms with van der Waals surface area (Å²) in [6.07, 6.45) is 0. The van der Waals surface area contributed by atoms with Crippen molar-refractivity contribution >= 4 is 128 Å². The summed E-state index contributed by atoms with van der Waals surface area (Å²) < 4.78 is 9.00. The fraction of sp³-hybridized carbons (Fsp3) is 0.556. The van der Waals surface area contributed by atoms with Crippen LogP contribution >= 0.6 is 116 Å². The summed E-state index contributed by atoms with van der Waals surface area (Å²) in [6.45, 7) is 0. The normalized spacial score (nSPS) is 47.8. The smallest absolute Gasteiger partial charge is 0.218 e. The van der Waals surface area contributed by atoms with Crippen molar-refractivity contribution in [3.63, 3.8) is 0 Å². The number of fused-ring (bicyclic) bond motifs is 9. The zero-order chi connectivity index (χ0) is 24.2. The first kappa shape index (κ1) is 25.0. The molecule has 0 heterocycles. The highest BCUT2D eigenvalue weighted by Gasteiger charge is 2.91. The molecule has 0 aromatic carbocycles. The Labute approximate surface area is 231 Å². The predicted molar refractivity (Wildman–Crippen MR) is 127 cm³/mol. The molecule has 6 atom stereocenters. The first-order chi connectivity index (χ1) is 14.6. The highest BCUT2D eigenvalue weighted by atomic mass is 35.5. The Morgan fingerprint density at radius 2 is 0.938 bits per heavy atom. The van der Waals surface area contributed by atoms with E-state index in [1.807, 2.05) is 0 Å². The monoisotopic (exact) mass is 638 g/mol. The van der Waals surface area contributed by atoms with Crippen molar-refractivity contribution in [2.75, 3.05) is 14.2 Å². The lowest BCUT2D eigenvalue weighted by Crippen LogP contribution is -2.58. The molecular weight excluding hydrogens is 635 g/mol. The number of hydrogen-bond donors (Lipinski definition) is 0. The van der Waals surface area contributed by atoms with Crippen molar-refractivity contribution in [3.05, 3.63) is 31.3 Å². The van der Waals surface area contributed by atoms with E-state index in [1.54, 1.807) is 0 Å². The van der Waals surface area contributed by atoms with Crippen LogP contribution < -0.4 is 0 Å². The lowest BCUT2D eigenvalue weighted by Gasteiger charge is -2.41. The molecule has 5 rings (SSSR count). The van der Waals surface area contributed by atoms with E-state index in [1.165, 1.54) is 14.2 Å². The molecule has 0 amide bonds. The molecule has 0 saturated heterocycles. The maximum atomic E-state index is 14.0. The van der Waals surface area contributed by atoms with Gasteiger partial charge < -0.3 is 9.47 Å². The Morgan fingerprint density at radius 1 is 0.625 bits per heavy atom. The Balaban J connectivity index is 1.86. The molecule has 4 bridgehead atoms. The minimum absolute atomic E-state index is 0.207. The molecule has 5 aliphatic carbocycles. The first-order valence-corrected chi connectivity index (χ1v) is 12.5. The van der Waals surface area contributed by atoms with Crippen LogP contribution in [0.5, 0.6) is 0 Å². The number of alkyl halides is 6. The summed E-state index contributed by atoms with van der Waals surface area (Å²) in [5, 5.41) is -0.978. The van der Waals surface area contributed by atoms with Crippen molar-refractivity contribution in [2.24, 2.45) is 11.8 Å². The van der Waals surface area contributed by atoms with Crippen LogP contribution in [0.25, 0.3) is 0 Å². The Morgan fingerprint density at radius 3 is 1.22 bits per heavy atom. The average molecular weight is 643 g/mol. The summed E-state index contributed by atoms with van der Waals surface area (Å²) in [4.78, 5) is 19.9. The van der Waals surface area contributed by atoms with E-state index >= 15 is 0 Å². The molecule has 32 heavy (non-hydrogen) atoms. The van der Waals surface area contributed by atoms with Gasteiger partial charge in [-0.3, -0.25) is 9.59 Å². The van der Waals surface area contributed by atoms with Crippen molar-refractivity contribution < 1.29 is 19.1 Å². The summed E-state index contributed by atoms with van der Waals surface area (Å²) in [6, 6.07) is 0. The van der Waals surface area contributed by atoms with Gasteiger partial charge in [0.1, 0.15) is 19.5 Å². The molecule has 0 aromatic heterocycles. The third-order valence-corrected chi connectivity index (χ3v) is 13.9. The molecule has 0 spiro atoms. The largest absolute Gasteiger partial charge is 0.350 e. The zero-order valence-electron chi connectivity index (χ0n) is 15.6. The van der Waals surface area contributed by atoms with Gasteiger partial charge in [-0.25, -0.2) is 0 Å². The minimum atomic E-state index is -2.19. The topological polar surface area (TPSA) is 52.6 Å². The Kier molecular flexibility index (Phi) is 5.18. The molecule has 4 unspecified atom stereocenters. The molecule has 0 aromatic rings. The third-order valence-electron chi connectivity index (χ3n) is 7.21. The van der Waals surface area contributed by atoms with E-state index in [9.17, 15) is 9.59 Å². The molecule has 174 valence electrons. The summed E-state index contributed by atoms with van der Waals surface area (Å²) in [5.74, 6) is -6.37. The number of rotatable bonds is 2. The molecule has 0 N–H and O–H groups in total. The average Bonchev–Trinajstić information content (AvgIpc) is 3.12. The molecule has 1 fully saturated rings. The van der Waals surface area contributed by atoms with Crippen LogP contribution in [0.4, 0.5) is 0 Å². The molecule has 14 heteroatoms. The van der Waals surface area contributed by atoms with Gasteiger partial charge >= 0.3 is 0 Å². The number of ether oxygens (including phenoxy) is 2. The number of ketones is 2. The van der Waals surface area contributed by atoms with Crippen molar-refractivity contribution in [1.82, 2.24) is 0 Å². The molecule has 1 saturated carbocycles. The highest BCUT2D eigenvalue weighted by Crippen LogP contribution is 2.80. The van der Waals surface area contributed by atoms with Crippen LogP contribution in [0, 0.1) is 11.8 Å². The number of Topliss-reactive ketones (excluding diaryl/α,β-unsaturated/α-hetero) is 2. The second-order valence-electron chi connectivity index (χ2n) is 8.03. The fourth-order valence-electron chi connectivity index (χ4n) is 5.95. The lowest BCUT2D eigenvalue weighted by atomic mass is 9.66. The molecule has 4 nitrogen and oxygen atoms in total. The number of allylic oxidation sites excluding steroid dienone is 4. The van der Waals surface area contributed by atoms with Gasteiger partial charge in [-0.1, -0.05) is 69.6 Å². The molecule has 0 aliphatic heterocycles. The molecular formula is C18H8Cl10O4. The SMILES string of the molecule is COC1(OC)C2(Cl)C(Cl)=C(Cl)C1(Cl)[C@H]1C(=O)C3=C(C(=O)[C@H]12)C1(Cl)C(Cl)=C(Cl)C3(Cl)C1(Cl)Cl. The number of methoxy groups -OCH3 is 2. The van der Waals surface area contributed by atoms with Crippen molar-refractivity contribution in [1.29, 1.82) is 0 Å². The summed E-state index contributed by atoms with van der Waals surface area (Å²) in [7, 11) is 2.47. The summed E-state index contributed by atoms with van der Waals surface area (Å²) in [5.41, 5.74) is -0.649. The van der Waals surface area contributed by atoms with Gasteiger partial charge in [-0.2, -0.15) is 0 Å². The van der Waals surface area contributed by atoms with Gasteiger partial charge in [0.2, 0.25) is 5.79 Å². The van der Waals surface area contributed by atoms with Gasteiger partial charge in [0.15, 0.2) is 15.9 Å². The molecule has 0 radical (unpaired) electrons. The third kappa shape index (κ3) is 1.90. The van der Waals surface area contributed by atoms with Gasteiger partial charge in [-0.15, -0.1) is 46.4 Å². The van der Waals surface area contributed by atoms with Gasteiger partial charge in [-0.05, 0) is 0 Å². The standard InChI is InChI=1S/C18H8Cl10O4/c1-31-18(32-2)15(25)5-6(16(18,26)12(22)11(15)21)8(30)4-3(7(5)29)13(23)9(19)10(20)14(4,24)17(13,27)28/h5-6H,1-2H3/t5-,6+,13?,14?,15?,16?. The highest BCUT2D eigenvalue weighted by molar-refractivity contribution is 6.69. The van der Waals surface area contributed by atoms with E-state index in [4.69, 9.17) is 125 Å². The van der Waals surface area contributed by atoms with Crippen molar-refractivity contribution in [2.45, 2.75) is 29.6 Å². The van der Waals surface area contributed by atoms with Crippen LogP contribution in [-0.2, 0) is 19.1 Å². The van der Waals surface area contributed by atoms with Crippen molar-refractivity contribution in [3.8, 4) is 0 Å². The lowest BCUT2D eigenvalue weighted by molar-refractivity contribution is -0.220. The second-order valence-corrected chi connectivity index (χ2v) is 13.2. The van der Waals surface area contributed by atoms with Crippen LogP contribution in [-0.4, -0.2) is 55.4 Å². The zero-order valence-corrected chi connectivity index (χ0v) is 23.1. The van der Waals surface area contributed by atoms with Crippen LogP contribution in [0.15, 0.2) is 31.3 Å². The number of carbonyl (C=O) groups is 2. The van der Waals surface area contributed by atoms with E-state index < -0.39 is 53.0 Å². The van der Waals surface area contributed by atoms with Gasteiger partial charge in [0, 0.05) is 25.4 Å². The number of carbonyl (C=O) groups excluding carboxylic acids is 2. The van der Waals surface area contributed by atoms with E-state index in [-0.39, 0.29) is 31.3 Å². The fourth-order valence-corrected chi connectivity index (χ4v) is 10.8. The Bertz CT molecular complexity index is 1070. The maximum Gasteiger partial charge on any atom is 0.218 e. The first-order valence-electron chi connectivity index (χ1n) is 8.76. The van der Waals surface area contributed by atoms with E-state index in [0.29, 0.717) is 0 Å². The number of hydrogen-bond acceptors (Lipinski definition) is 4. The molecule has 5 aliphatic rings. The van der Waals surface area contributed by atoms with Gasteiger partial charge in [0.05, 0.1) is 32.0 Å². The van der Waals surface area contributed by atoms with E-state index in [2.05, 4.69) is 0 Å². The second kappa shape index (κ2) is 6.62. The Hall–Kier alpha value is 1.38. The van der Waals surface area contributed by atoms with Crippen LogP contribution in [0.3, 0.4) is 0 Å². The maximum absolute atomic E-state index is 14.0. The number of halogens is 10. The van der Waals surface area contributed by atoms with Gasteiger partial charge in [0.25, 0.3) is 0 Å². The summed E-state index contributed by atoms with van der Waals surface area (Å²) >= 11 is 66.3. The van der Waals surface area contributed by atoms with Crippen LogP contribution in [0.2, 0.25) is 0 Å². The predicted octanol–water partition coefficient (Wildman–Crippen LogP) is 6.17.